The zero-order valence-electron chi connectivity index (χ0n) is 9.21. The molecule has 1 aromatic rings. The molecule has 15 heavy (non-hydrogen) atoms. The van der Waals surface area contributed by atoms with E-state index in [0.29, 0.717) is 0 Å². The fourth-order valence-corrected chi connectivity index (χ4v) is 1.27. The summed E-state index contributed by atoms with van der Waals surface area (Å²) in [5, 5.41) is 9.84. The van der Waals surface area contributed by atoms with Crippen LogP contribution in [0.25, 0.3) is 0 Å². The molecule has 0 aromatic heterocycles. The third kappa shape index (κ3) is 3.75. The van der Waals surface area contributed by atoms with Gasteiger partial charge in [0.25, 0.3) is 0 Å². The Labute approximate surface area is 95.8 Å². The second-order valence-corrected chi connectivity index (χ2v) is 4.36. The molecule has 0 aliphatic heterocycles. The Morgan fingerprint density at radius 2 is 1.80 bits per heavy atom. The fraction of sp³-hybridized carbons (Fsp3) is 0.364. The van der Waals surface area contributed by atoms with Gasteiger partial charge < -0.3 is 0 Å². The highest BCUT2D eigenvalue weighted by molar-refractivity contribution is 7.78. The van der Waals surface area contributed by atoms with Crippen LogP contribution >= 0.6 is 12.2 Å². The van der Waals surface area contributed by atoms with Crippen LogP contribution in [0.3, 0.4) is 0 Å². The van der Waals surface area contributed by atoms with Crippen molar-refractivity contribution >= 4 is 23.4 Å². The van der Waals surface area contributed by atoms with E-state index in [1.165, 1.54) is 5.49 Å². The molecule has 0 saturated heterocycles. The molecule has 0 amide bonds. The van der Waals surface area contributed by atoms with Gasteiger partial charge in [0.1, 0.15) is 0 Å². The van der Waals surface area contributed by atoms with Gasteiger partial charge in [0.15, 0.2) is 0 Å². The van der Waals surface area contributed by atoms with Gasteiger partial charge in [0, 0.05) is 0 Å². The van der Waals surface area contributed by atoms with E-state index in [2.05, 4.69) is 10.3 Å². The Kier molecular flexibility index (Phi) is 3.91. The summed E-state index contributed by atoms with van der Waals surface area (Å²) in [4.78, 5) is 0. The van der Waals surface area contributed by atoms with E-state index in [1.807, 2.05) is 51.1 Å². The zero-order chi connectivity index (χ0) is 11.3. The standard InChI is InChI=1S/C11H15N3S/c1-11(2,3)14(9-15)13-12-10-7-5-4-6-8-10/h4-9H,1-3H3. The molecular formula is C11H15N3S. The van der Waals surface area contributed by atoms with Crippen molar-refractivity contribution in [3.8, 4) is 0 Å². The molecule has 0 bridgehead atoms. The molecule has 3 nitrogen and oxygen atoms in total. The lowest BCUT2D eigenvalue weighted by Crippen LogP contribution is -2.35. The Balaban J connectivity index is 2.76. The van der Waals surface area contributed by atoms with Crippen LogP contribution in [0.1, 0.15) is 20.8 Å². The quantitative estimate of drug-likeness (QED) is 0.442. The van der Waals surface area contributed by atoms with E-state index in [4.69, 9.17) is 12.2 Å². The Morgan fingerprint density at radius 3 is 2.27 bits per heavy atom. The molecule has 0 fully saturated rings. The third-order valence-electron chi connectivity index (χ3n) is 1.80. The van der Waals surface area contributed by atoms with Gasteiger partial charge in [0.05, 0.1) is 16.7 Å². The Hall–Kier alpha value is -1.29. The van der Waals surface area contributed by atoms with Crippen molar-refractivity contribution in [1.29, 1.82) is 0 Å². The van der Waals surface area contributed by atoms with Crippen LogP contribution < -0.4 is 0 Å². The number of benzene rings is 1. The Bertz CT molecular complexity index is 341. The van der Waals surface area contributed by atoms with Crippen molar-refractivity contribution in [3.05, 3.63) is 30.3 Å². The predicted molar refractivity (Wildman–Crippen MR) is 66.2 cm³/mol. The minimum atomic E-state index is -0.139. The van der Waals surface area contributed by atoms with Crippen LogP contribution in [-0.2, 0) is 0 Å². The number of hydrogen-bond acceptors (Lipinski definition) is 3. The lowest BCUT2D eigenvalue weighted by atomic mass is 10.1. The highest BCUT2D eigenvalue weighted by Gasteiger charge is 2.17. The van der Waals surface area contributed by atoms with E-state index in [1.54, 1.807) is 5.01 Å². The number of nitrogens with zero attached hydrogens (tertiary/aromatic N) is 3. The zero-order valence-corrected chi connectivity index (χ0v) is 10.0. The molecule has 0 aliphatic rings. The van der Waals surface area contributed by atoms with E-state index in [9.17, 15) is 0 Å². The highest BCUT2D eigenvalue weighted by atomic mass is 32.1. The summed E-state index contributed by atoms with van der Waals surface area (Å²) in [6.45, 7) is 6.08. The van der Waals surface area contributed by atoms with Crippen molar-refractivity contribution < 1.29 is 0 Å². The molecule has 4 heteroatoms. The van der Waals surface area contributed by atoms with Gasteiger partial charge in [-0.3, -0.25) is 0 Å². The van der Waals surface area contributed by atoms with Crippen molar-refractivity contribution in [3.63, 3.8) is 0 Å². The largest absolute Gasteiger partial charge is 0.238 e. The summed E-state index contributed by atoms with van der Waals surface area (Å²) in [6.07, 6.45) is 0. The van der Waals surface area contributed by atoms with E-state index in [-0.39, 0.29) is 5.54 Å². The summed E-state index contributed by atoms with van der Waals surface area (Å²) >= 11 is 4.88. The molecule has 0 N–H and O–H groups in total. The summed E-state index contributed by atoms with van der Waals surface area (Å²) in [5.74, 6) is 0. The van der Waals surface area contributed by atoms with Crippen molar-refractivity contribution in [2.24, 2.45) is 10.3 Å². The second kappa shape index (κ2) is 4.98. The molecule has 0 atom stereocenters. The molecule has 0 unspecified atom stereocenters. The molecule has 1 rings (SSSR count). The summed E-state index contributed by atoms with van der Waals surface area (Å²) < 4.78 is 0. The van der Waals surface area contributed by atoms with Gasteiger partial charge in [0.2, 0.25) is 0 Å². The van der Waals surface area contributed by atoms with Gasteiger partial charge in [-0.1, -0.05) is 35.6 Å². The van der Waals surface area contributed by atoms with Gasteiger partial charge in [-0.25, -0.2) is 5.01 Å². The first kappa shape index (κ1) is 11.8. The average Bonchev–Trinajstić information content (AvgIpc) is 2.18. The monoisotopic (exact) mass is 221 g/mol. The minimum Gasteiger partial charge on any atom is -0.238 e. The van der Waals surface area contributed by atoms with Crippen LogP contribution in [-0.4, -0.2) is 16.0 Å². The first-order valence-corrected chi connectivity index (χ1v) is 5.22. The van der Waals surface area contributed by atoms with Crippen molar-refractivity contribution in [2.45, 2.75) is 26.3 Å². The second-order valence-electron chi connectivity index (χ2n) is 4.15. The Morgan fingerprint density at radius 1 is 1.20 bits per heavy atom. The molecule has 0 heterocycles. The van der Waals surface area contributed by atoms with Gasteiger partial charge >= 0.3 is 0 Å². The summed E-state index contributed by atoms with van der Waals surface area (Å²) in [5.41, 5.74) is 2.19. The summed E-state index contributed by atoms with van der Waals surface area (Å²) in [7, 11) is 0. The van der Waals surface area contributed by atoms with Crippen molar-refractivity contribution in [1.82, 2.24) is 5.01 Å². The van der Waals surface area contributed by atoms with Gasteiger partial charge in [-0.2, -0.15) is 0 Å². The number of thiocarbonyl (C=S) groups is 1. The first-order valence-electron chi connectivity index (χ1n) is 4.75. The van der Waals surface area contributed by atoms with E-state index >= 15 is 0 Å². The molecule has 0 spiro atoms. The lowest BCUT2D eigenvalue weighted by Gasteiger charge is -2.27. The van der Waals surface area contributed by atoms with Crippen LogP contribution in [0.4, 0.5) is 5.69 Å². The molecular weight excluding hydrogens is 206 g/mol. The van der Waals surface area contributed by atoms with Gasteiger partial charge in [-0.05, 0) is 32.9 Å². The maximum Gasteiger partial charge on any atom is 0.0885 e. The van der Waals surface area contributed by atoms with Crippen LogP contribution in [0.5, 0.6) is 0 Å². The average molecular weight is 221 g/mol. The maximum atomic E-state index is 4.88. The fourth-order valence-electron chi connectivity index (χ4n) is 0.908. The highest BCUT2D eigenvalue weighted by Crippen LogP contribution is 2.15. The molecule has 1 aromatic carbocycles. The van der Waals surface area contributed by atoms with E-state index < -0.39 is 0 Å². The minimum absolute atomic E-state index is 0.139. The topological polar surface area (TPSA) is 28.0 Å². The lowest BCUT2D eigenvalue weighted by molar-refractivity contribution is 0.245. The number of hydrogen-bond donors (Lipinski definition) is 0. The van der Waals surface area contributed by atoms with Crippen LogP contribution in [0.2, 0.25) is 0 Å². The molecule has 0 saturated carbocycles. The summed E-state index contributed by atoms with van der Waals surface area (Å²) in [6, 6.07) is 9.58. The van der Waals surface area contributed by atoms with Crippen LogP contribution in [0, 0.1) is 0 Å². The number of rotatable bonds is 3. The maximum absolute atomic E-state index is 4.88. The SMILES string of the molecule is CC(C)(C)N(C=S)N=Nc1ccccc1. The normalized spacial score (nSPS) is 11.7. The van der Waals surface area contributed by atoms with E-state index in [0.717, 1.165) is 5.69 Å². The first-order chi connectivity index (χ1) is 7.04. The smallest absolute Gasteiger partial charge is 0.0885 e. The molecule has 80 valence electrons. The predicted octanol–water partition coefficient (Wildman–Crippen LogP) is 3.74. The third-order valence-corrected chi connectivity index (χ3v) is 2.00. The van der Waals surface area contributed by atoms with Crippen molar-refractivity contribution in [2.75, 3.05) is 0 Å². The molecule has 0 aliphatic carbocycles. The van der Waals surface area contributed by atoms with Gasteiger partial charge in [-0.15, -0.1) is 5.11 Å². The molecule has 0 radical (unpaired) electrons. The van der Waals surface area contributed by atoms with Crippen LogP contribution in [0.15, 0.2) is 40.7 Å².